The number of hydrogen-bond acceptors (Lipinski definition) is 6. The Labute approximate surface area is 137 Å². The van der Waals surface area contributed by atoms with Crippen LogP contribution in [0.3, 0.4) is 0 Å². The Morgan fingerprint density at radius 2 is 2.05 bits per heavy atom. The summed E-state index contributed by atoms with van der Waals surface area (Å²) in [5.41, 5.74) is 1.22. The number of nitrogens with one attached hydrogen (secondary N) is 1. The van der Waals surface area contributed by atoms with Gasteiger partial charge in [-0.3, -0.25) is 10.1 Å². The van der Waals surface area contributed by atoms with Crippen molar-refractivity contribution in [3.8, 4) is 0 Å². The normalized spacial score (nSPS) is 10.8. The lowest BCUT2D eigenvalue weighted by Gasteiger charge is -2.02. The van der Waals surface area contributed by atoms with Crippen molar-refractivity contribution in [3.63, 3.8) is 0 Å². The number of hydrogen-bond donors (Lipinski definition) is 1. The van der Waals surface area contributed by atoms with Gasteiger partial charge in [0.05, 0.1) is 5.75 Å². The van der Waals surface area contributed by atoms with Gasteiger partial charge in [-0.05, 0) is 5.56 Å². The second kappa shape index (κ2) is 8.41. The van der Waals surface area contributed by atoms with Crippen LogP contribution in [0.5, 0.6) is 0 Å². The van der Waals surface area contributed by atoms with E-state index in [4.69, 9.17) is 0 Å². The van der Waals surface area contributed by atoms with E-state index >= 15 is 0 Å². The lowest BCUT2D eigenvalue weighted by Crippen LogP contribution is -2.13. The molecule has 0 spiro atoms. The molecule has 4 nitrogen and oxygen atoms in total. The van der Waals surface area contributed by atoms with Crippen molar-refractivity contribution < 1.29 is 4.79 Å². The lowest BCUT2D eigenvalue weighted by atomic mass is 10.2. The molecule has 0 aliphatic heterocycles. The highest BCUT2D eigenvalue weighted by Gasteiger charge is 2.09. The van der Waals surface area contributed by atoms with Gasteiger partial charge in [0.25, 0.3) is 0 Å². The zero-order chi connectivity index (χ0) is 15.1. The monoisotopic (exact) mass is 339 g/mol. The second-order valence-electron chi connectivity index (χ2n) is 4.57. The molecule has 2 rings (SSSR count). The highest BCUT2D eigenvalue weighted by Crippen LogP contribution is 2.28. The van der Waals surface area contributed by atoms with Crippen molar-refractivity contribution in [2.24, 2.45) is 0 Å². The minimum atomic E-state index is -0.0341. The summed E-state index contributed by atoms with van der Waals surface area (Å²) in [7, 11) is 0. The molecule has 1 heterocycles. The van der Waals surface area contributed by atoms with Crippen LogP contribution < -0.4 is 5.32 Å². The molecule has 0 atom stereocenters. The standard InChI is InChI=1S/C14H17N3OS3/c1-10(2)20-14-17-16-13(21-14)15-12(18)9-19-8-11-6-4-3-5-7-11/h3-7,10H,8-9H2,1-2H3,(H,15,16,18). The fourth-order valence-electron chi connectivity index (χ4n) is 1.50. The van der Waals surface area contributed by atoms with Gasteiger partial charge in [0, 0.05) is 11.0 Å². The highest BCUT2D eigenvalue weighted by atomic mass is 32.2. The van der Waals surface area contributed by atoms with Gasteiger partial charge in [0.15, 0.2) is 4.34 Å². The topological polar surface area (TPSA) is 54.9 Å². The molecule has 0 aliphatic rings. The summed E-state index contributed by atoms with van der Waals surface area (Å²) in [4.78, 5) is 11.8. The average Bonchev–Trinajstić information content (AvgIpc) is 2.86. The molecule has 0 radical (unpaired) electrons. The number of benzene rings is 1. The number of thioether (sulfide) groups is 2. The molecule has 21 heavy (non-hydrogen) atoms. The first-order valence-electron chi connectivity index (χ1n) is 6.55. The lowest BCUT2D eigenvalue weighted by molar-refractivity contribution is -0.113. The van der Waals surface area contributed by atoms with Crippen LogP contribution in [0.15, 0.2) is 34.7 Å². The SMILES string of the molecule is CC(C)Sc1nnc(NC(=O)CSCc2ccccc2)s1. The Morgan fingerprint density at radius 3 is 2.76 bits per heavy atom. The van der Waals surface area contributed by atoms with Crippen molar-refractivity contribution >= 4 is 45.9 Å². The molecule has 1 N–H and O–H groups in total. The Kier molecular flexibility index (Phi) is 6.53. The summed E-state index contributed by atoms with van der Waals surface area (Å²) in [6.45, 7) is 4.20. The van der Waals surface area contributed by atoms with Gasteiger partial charge < -0.3 is 0 Å². The molecular formula is C14H17N3OS3. The maximum absolute atomic E-state index is 11.8. The second-order valence-corrected chi connectivity index (χ2v) is 8.35. The molecule has 2 aromatic rings. The number of nitrogens with zero attached hydrogens (tertiary/aromatic N) is 2. The van der Waals surface area contributed by atoms with Gasteiger partial charge in [-0.15, -0.1) is 22.0 Å². The number of amides is 1. The van der Waals surface area contributed by atoms with Gasteiger partial charge in [-0.25, -0.2) is 0 Å². The van der Waals surface area contributed by atoms with Crippen LogP contribution >= 0.6 is 34.9 Å². The predicted octanol–water partition coefficient (Wildman–Crippen LogP) is 3.91. The van der Waals surface area contributed by atoms with E-state index in [1.165, 1.54) is 16.9 Å². The van der Waals surface area contributed by atoms with E-state index in [1.807, 2.05) is 18.2 Å². The zero-order valence-electron chi connectivity index (χ0n) is 11.9. The fourth-order valence-corrected chi connectivity index (χ4v) is 4.28. The van der Waals surface area contributed by atoms with Crippen LogP contribution in [0.25, 0.3) is 0 Å². The highest BCUT2D eigenvalue weighted by molar-refractivity contribution is 8.01. The Hall–Kier alpha value is -1.05. The van der Waals surface area contributed by atoms with Crippen LogP contribution in [0.4, 0.5) is 5.13 Å². The molecule has 0 saturated heterocycles. The Bertz CT molecular complexity index is 572. The molecule has 0 unspecified atom stereocenters. The van der Waals surface area contributed by atoms with Crippen LogP contribution in [0, 0.1) is 0 Å². The molecule has 112 valence electrons. The van der Waals surface area contributed by atoms with E-state index in [0.717, 1.165) is 10.1 Å². The van der Waals surface area contributed by atoms with E-state index in [9.17, 15) is 4.79 Å². The smallest absolute Gasteiger partial charge is 0.236 e. The van der Waals surface area contributed by atoms with Crippen molar-refractivity contribution in [2.75, 3.05) is 11.1 Å². The Balaban J connectivity index is 1.73. The molecular weight excluding hydrogens is 322 g/mol. The summed E-state index contributed by atoms with van der Waals surface area (Å²) in [5, 5.41) is 11.9. The van der Waals surface area contributed by atoms with Gasteiger partial charge in [0.2, 0.25) is 11.0 Å². The summed E-state index contributed by atoms with van der Waals surface area (Å²) in [6.07, 6.45) is 0. The summed E-state index contributed by atoms with van der Waals surface area (Å²) >= 11 is 4.66. The van der Waals surface area contributed by atoms with Gasteiger partial charge in [0.1, 0.15) is 0 Å². The van der Waals surface area contributed by atoms with Gasteiger partial charge >= 0.3 is 0 Å². The van der Waals surface area contributed by atoms with E-state index in [-0.39, 0.29) is 5.91 Å². The maximum atomic E-state index is 11.8. The minimum Gasteiger partial charge on any atom is -0.300 e. The van der Waals surface area contributed by atoms with E-state index in [0.29, 0.717) is 16.1 Å². The van der Waals surface area contributed by atoms with E-state index < -0.39 is 0 Å². The summed E-state index contributed by atoms with van der Waals surface area (Å²) < 4.78 is 0.886. The fraction of sp³-hybridized carbons (Fsp3) is 0.357. The molecule has 7 heteroatoms. The van der Waals surface area contributed by atoms with Crippen molar-refractivity contribution in [1.82, 2.24) is 10.2 Å². The minimum absolute atomic E-state index is 0.0341. The van der Waals surface area contributed by atoms with Gasteiger partial charge in [-0.2, -0.15) is 0 Å². The van der Waals surface area contributed by atoms with E-state index in [2.05, 4.69) is 41.5 Å². The number of carbonyl (C=O) groups is 1. The quantitative estimate of drug-likeness (QED) is 0.612. The maximum Gasteiger partial charge on any atom is 0.236 e. The molecule has 1 amide bonds. The first kappa shape index (κ1) is 16.3. The third-order valence-electron chi connectivity index (χ3n) is 2.33. The Morgan fingerprint density at radius 1 is 1.29 bits per heavy atom. The van der Waals surface area contributed by atoms with Crippen molar-refractivity contribution in [3.05, 3.63) is 35.9 Å². The van der Waals surface area contributed by atoms with Crippen molar-refractivity contribution in [2.45, 2.75) is 29.2 Å². The molecule has 1 aromatic heterocycles. The van der Waals surface area contributed by atoms with E-state index in [1.54, 1.807) is 23.5 Å². The molecule has 0 saturated carbocycles. The number of anilines is 1. The average molecular weight is 340 g/mol. The summed E-state index contributed by atoms with van der Waals surface area (Å²) in [5.74, 6) is 1.22. The number of aromatic nitrogens is 2. The number of carbonyl (C=O) groups excluding carboxylic acids is 1. The predicted molar refractivity (Wildman–Crippen MR) is 92.1 cm³/mol. The largest absolute Gasteiger partial charge is 0.300 e. The van der Waals surface area contributed by atoms with Crippen LogP contribution in [-0.2, 0) is 10.5 Å². The first-order valence-corrected chi connectivity index (χ1v) is 9.40. The first-order chi connectivity index (χ1) is 10.1. The van der Waals surface area contributed by atoms with Crippen LogP contribution in [0.1, 0.15) is 19.4 Å². The van der Waals surface area contributed by atoms with Gasteiger partial charge in [-0.1, -0.05) is 67.3 Å². The molecule has 0 bridgehead atoms. The third-order valence-corrected chi connectivity index (χ3v) is 5.26. The molecule has 0 aliphatic carbocycles. The zero-order valence-corrected chi connectivity index (χ0v) is 14.4. The van der Waals surface area contributed by atoms with Crippen molar-refractivity contribution in [1.29, 1.82) is 0 Å². The molecule has 1 aromatic carbocycles. The number of rotatable bonds is 7. The summed E-state index contributed by atoms with van der Waals surface area (Å²) in [6, 6.07) is 10.1. The van der Waals surface area contributed by atoms with Crippen LogP contribution in [0.2, 0.25) is 0 Å². The van der Waals surface area contributed by atoms with Crippen LogP contribution in [-0.4, -0.2) is 27.1 Å². The third kappa shape index (κ3) is 6.07. The molecule has 0 fully saturated rings.